The first-order chi connectivity index (χ1) is 16.8. The van der Waals surface area contributed by atoms with Gasteiger partial charge in [0, 0.05) is 19.1 Å². The topological polar surface area (TPSA) is 79.0 Å². The highest BCUT2D eigenvalue weighted by molar-refractivity contribution is 7.92. The Balaban J connectivity index is 1.68. The third-order valence-electron chi connectivity index (χ3n) is 6.29. The number of carbonyl (C=O) groups excluding carboxylic acids is 1. The van der Waals surface area contributed by atoms with Gasteiger partial charge in [0.1, 0.15) is 18.1 Å². The van der Waals surface area contributed by atoms with E-state index in [1.807, 2.05) is 6.92 Å². The van der Waals surface area contributed by atoms with Gasteiger partial charge in [-0.2, -0.15) is 0 Å². The van der Waals surface area contributed by atoms with Gasteiger partial charge in [-0.3, -0.25) is 9.10 Å². The van der Waals surface area contributed by atoms with Crippen molar-refractivity contribution in [2.24, 2.45) is 0 Å². The Morgan fingerprint density at radius 3 is 2.49 bits per heavy atom. The summed E-state index contributed by atoms with van der Waals surface area (Å²) in [6, 6.07) is 11.7. The number of likely N-dealkylation sites (tertiary alicyclic amines) is 1. The number of sulfonamides is 1. The Morgan fingerprint density at radius 2 is 1.83 bits per heavy atom. The number of nitrogens with one attached hydrogen (secondary N) is 1. The number of hydrogen-bond donors (Lipinski definition) is 1. The average Bonchev–Trinajstić information content (AvgIpc) is 2.86. The summed E-state index contributed by atoms with van der Waals surface area (Å²) in [6.07, 6.45) is 5.64. The molecule has 3 rings (SSSR count). The van der Waals surface area contributed by atoms with Gasteiger partial charge >= 0.3 is 0 Å². The summed E-state index contributed by atoms with van der Waals surface area (Å²) in [7, 11) is -4.09. The zero-order chi connectivity index (χ0) is 25.3. The van der Waals surface area contributed by atoms with Gasteiger partial charge in [-0.05, 0) is 87.7 Å². The van der Waals surface area contributed by atoms with Crippen molar-refractivity contribution >= 4 is 21.6 Å². The average molecular weight is 506 g/mol. The Labute approximate surface area is 208 Å². The number of amides is 1. The summed E-state index contributed by atoms with van der Waals surface area (Å²) in [5, 5.41) is 2.86. The van der Waals surface area contributed by atoms with E-state index in [1.165, 1.54) is 31.4 Å². The molecule has 1 aliphatic heterocycles. The lowest BCUT2D eigenvalue weighted by molar-refractivity contribution is -0.119. The molecule has 0 spiro atoms. The van der Waals surface area contributed by atoms with E-state index in [0.717, 1.165) is 42.4 Å². The summed E-state index contributed by atoms with van der Waals surface area (Å²) in [5.41, 5.74) is 0.326. The lowest BCUT2D eigenvalue weighted by Crippen LogP contribution is -2.43. The van der Waals surface area contributed by atoms with E-state index >= 15 is 0 Å². The maximum Gasteiger partial charge on any atom is 0.264 e. The summed E-state index contributed by atoms with van der Waals surface area (Å²) < 4.78 is 46.6. The molecule has 1 aliphatic rings. The van der Waals surface area contributed by atoms with Crippen LogP contribution >= 0.6 is 0 Å². The van der Waals surface area contributed by atoms with Crippen LogP contribution in [0.5, 0.6) is 5.75 Å². The third-order valence-corrected chi connectivity index (χ3v) is 8.08. The lowest BCUT2D eigenvalue weighted by atomic mass is 10.00. The highest BCUT2D eigenvalue weighted by Gasteiger charge is 2.27. The van der Waals surface area contributed by atoms with Gasteiger partial charge in [0.25, 0.3) is 10.0 Å². The number of halogens is 1. The highest BCUT2D eigenvalue weighted by atomic mass is 32.2. The molecule has 0 bridgehead atoms. The van der Waals surface area contributed by atoms with Crippen LogP contribution in [0.1, 0.15) is 46.0 Å². The third kappa shape index (κ3) is 7.41. The first kappa shape index (κ1) is 26.9. The largest absolute Gasteiger partial charge is 0.494 e. The lowest BCUT2D eigenvalue weighted by Gasteiger charge is -2.35. The van der Waals surface area contributed by atoms with Crippen LogP contribution in [0.4, 0.5) is 10.1 Å². The molecule has 1 fully saturated rings. The molecule has 0 radical (unpaired) electrons. The molecule has 2 aromatic carbocycles. The number of piperidine rings is 1. The van der Waals surface area contributed by atoms with Crippen LogP contribution in [-0.4, -0.2) is 58.1 Å². The number of nitrogens with zero attached hydrogens (tertiary/aromatic N) is 2. The van der Waals surface area contributed by atoms with Crippen molar-refractivity contribution in [2.45, 2.75) is 56.9 Å². The SMILES string of the molecule is CCOc1ccc(N(CC(=O)NCCCN2CCCCC2CC)S(=O)(=O)c2ccc(F)cc2)cc1. The standard InChI is InChI=1S/C26H36FN3O4S/c1-3-22-8-5-6-18-29(22)19-7-17-28-26(31)20-30(23-11-13-24(14-12-23)34-4-2)35(32,33)25-15-9-21(27)10-16-25/h9-16,22H,3-8,17-20H2,1-2H3,(H,28,31). The normalized spacial score (nSPS) is 16.6. The van der Waals surface area contributed by atoms with Crippen LogP contribution < -0.4 is 14.4 Å². The second-order valence-electron chi connectivity index (χ2n) is 8.69. The van der Waals surface area contributed by atoms with Gasteiger partial charge in [0.15, 0.2) is 0 Å². The molecule has 35 heavy (non-hydrogen) atoms. The van der Waals surface area contributed by atoms with Crippen LogP contribution in [0, 0.1) is 5.82 Å². The van der Waals surface area contributed by atoms with Gasteiger partial charge < -0.3 is 15.0 Å². The second kappa shape index (κ2) is 12.9. The van der Waals surface area contributed by atoms with E-state index in [2.05, 4.69) is 17.1 Å². The fraction of sp³-hybridized carbons (Fsp3) is 0.500. The minimum absolute atomic E-state index is 0.0868. The maximum atomic E-state index is 13.4. The number of ether oxygens (including phenoxy) is 1. The van der Waals surface area contributed by atoms with Crippen LogP contribution in [0.3, 0.4) is 0 Å². The second-order valence-corrected chi connectivity index (χ2v) is 10.6. The van der Waals surface area contributed by atoms with E-state index in [1.54, 1.807) is 24.3 Å². The Morgan fingerprint density at radius 1 is 1.11 bits per heavy atom. The number of rotatable bonds is 12. The molecule has 192 valence electrons. The molecule has 1 saturated heterocycles. The van der Waals surface area contributed by atoms with Crippen molar-refractivity contribution < 1.29 is 22.3 Å². The molecule has 1 unspecified atom stereocenters. The quantitative estimate of drug-likeness (QED) is 0.438. The van der Waals surface area contributed by atoms with Gasteiger partial charge in [0.2, 0.25) is 5.91 Å². The van der Waals surface area contributed by atoms with E-state index in [9.17, 15) is 17.6 Å². The fourth-order valence-electron chi connectivity index (χ4n) is 4.44. The minimum Gasteiger partial charge on any atom is -0.494 e. The molecule has 0 saturated carbocycles. The first-order valence-corrected chi connectivity index (χ1v) is 13.8. The molecule has 2 aromatic rings. The Kier molecular flexibility index (Phi) is 9.92. The fourth-order valence-corrected chi connectivity index (χ4v) is 5.86. The van der Waals surface area contributed by atoms with E-state index in [4.69, 9.17) is 4.74 Å². The van der Waals surface area contributed by atoms with Crippen molar-refractivity contribution in [2.75, 3.05) is 37.1 Å². The summed E-state index contributed by atoms with van der Waals surface area (Å²) >= 11 is 0. The molecule has 0 aromatic heterocycles. The molecule has 7 nitrogen and oxygen atoms in total. The molecule has 0 aliphatic carbocycles. The maximum absolute atomic E-state index is 13.4. The Bertz CT molecular complexity index is 1050. The number of hydrogen-bond acceptors (Lipinski definition) is 5. The zero-order valence-corrected chi connectivity index (χ0v) is 21.4. The van der Waals surface area contributed by atoms with Crippen molar-refractivity contribution in [3.63, 3.8) is 0 Å². The number of anilines is 1. The highest BCUT2D eigenvalue weighted by Crippen LogP contribution is 2.26. The Hall–Kier alpha value is -2.65. The molecule has 1 N–H and O–H groups in total. The van der Waals surface area contributed by atoms with Crippen LogP contribution in [0.2, 0.25) is 0 Å². The van der Waals surface area contributed by atoms with Crippen molar-refractivity contribution in [3.05, 3.63) is 54.3 Å². The van der Waals surface area contributed by atoms with E-state index < -0.39 is 21.7 Å². The summed E-state index contributed by atoms with van der Waals surface area (Å²) in [6.45, 7) is 6.65. The van der Waals surface area contributed by atoms with Gasteiger partial charge in [-0.25, -0.2) is 12.8 Å². The predicted octanol–water partition coefficient (Wildman–Crippen LogP) is 4.19. The van der Waals surface area contributed by atoms with Crippen molar-refractivity contribution in [3.8, 4) is 5.75 Å². The van der Waals surface area contributed by atoms with Crippen LogP contribution in [0.15, 0.2) is 53.4 Å². The minimum atomic E-state index is -4.09. The van der Waals surface area contributed by atoms with Gasteiger partial charge in [-0.15, -0.1) is 0 Å². The summed E-state index contributed by atoms with van der Waals surface area (Å²) in [5.74, 6) is -0.327. The van der Waals surface area contributed by atoms with Crippen LogP contribution in [0.25, 0.3) is 0 Å². The first-order valence-electron chi connectivity index (χ1n) is 12.4. The number of carbonyl (C=O) groups is 1. The molecule has 9 heteroatoms. The number of benzene rings is 2. The van der Waals surface area contributed by atoms with Gasteiger partial charge in [-0.1, -0.05) is 13.3 Å². The van der Waals surface area contributed by atoms with Crippen molar-refractivity contribution in [1.29, 1.82) is 0 Å². The predicted molar refractivity (Wildman–Crippen MR) is 136 cm³/mol. The molecule has 1 atom stereocenters. The summed E-state index contributed by atoms with van der Waals surface area (Å²) in [4.78, 5) is 15.2. The smallest absolute Gasteiger partial charge is 0.264 e. The van der Waals surface area contributed by atoms with Crippen molar-refractivity contribution in [1.82, 2.24) is 10.2 Å². The monoisotopic (exact) mass is 505 g/mol. The zero-order valence-electron chi connectivity index (χ0n) is 20.6. The molecule has 1 amide bonds. The van der Waals surface area contributed by atoms with Gasteiger partial charge in [0.05, 0.1) is 17.2 Å². The molecular weight excluding hydrogens is 469 g/mol. The van der Waals surface area contributed by atoms with Crippen LogP contribution in [-0.2, 0) is 14.8 Å². The molecule has 1 heterocycles. The van der Waals surface area contributed by atoms with E-state index in [-0.39, 0.29) is 11.4 Å². The van der Waals surface area contributed by atoms with E-state index in [0.29, 0.717) is 30.6 Å². The molecular formula is C26H36FN3O4S.